The summed E-state index contributed by atoms with van der Waals surface area (Å²) in [5.74, 6) is -2.91. The number of aliphatic hydroxyl groups is 9. The van der Waals surface area contributed by atoms with Gasteiger partial charge >= 0.3 is 10.4 Å². The second-order valence-corrected chi connectivity index (χ2v) is 20.9. The summed E-state index contributed by atoms with van der Waals surface area (Å²) in [7, 11) is -5.15. The highest BCUT2D eigenvalue weighted by Crippen LogP contribution is 2.35. The first-order valence-electron chi connectivity index (χ1n) is 26.4. The fourth-order valence-corrected chi connectivity index (χ4v) is 10.00. The minimum Gasteiger partial charge on any atom is -0.394 e. The van der Waals surface area contributed by atoms with Gasteiger partial charge in [-0.1, -0.05) is 70.4 Å². The molecule has 77 heavy (non-hydrogen) atoms. The second kappa shape index (κ2) is 32.9. The third-order valence-corrected chi connectivity index (χ3v) is 14.1. The minimum atomic E-state index is -5.15. The summed E-state index contributed by atoms with van der Waals surface area (Å²) in [5, 5.41) is 109. The summed E-state index contributed by atoms with van der Waals surface area (Å²) in [5.41, 5.74) is 0. The van der Waals surface area contributed by atoms with E-state index in [0.717, 1.165) is 59.3 Å². The van der Waals surface area contributed by atoms with Crippen LogP contribution in [0.15, 0.2) is 12.2 Å². The average Bonchev–Trinajstić information content (AvgIpc) is 3.37. The van der Waals surface area contributed by atoms with Crippen molar-refractivity contribution in [2.75, 3.05) is 26.4 Å². The van der Waals surface area contributed by atoms with Crippen LogP contribution in [0.4, 0.5) is 0 Å². The van der Waals surface area contributed by atoms with Gasteiger partial charge in [0.05, 0.1) is 26.4 Å². The van der Waals surface area contributed by atoms with Crippen molar-refractivity contribution >= 4 is 34.0 Å². The topological polar surface area (TPSA) is 427 Å². The number of unbranched alkanes of at least 4 members (excludes halogenated alkanes) is 11. The molecule has 0 aromatic rings. The number of allylic oxidation sites excluding steroid dienone is 2. The average molecular weight is 1130 g/mol. The van der Waals surface area contributed by atoms with Gasteiger partial charge in [0.15, 0.2) is 25.2 Å². The standard InChI is InChI=1S/C48H84N4O24S/c1-5-6-7-8-9-10-11-12-13-14-15-16-17-18-19-20-32(59)52-34-38(61)37(60)28(21-53)71-46(34)74-42-29(22-54)72-47(35(40(42)63)50-26(3)57)75-43-30(23-55)73-48(36(41(43)64)51-27(4)58)76-44-31(24-69-77(66,67)68)70-45(65)33(39(44)62)49-25(2)56/h12-13,28-31,33-48,53-55,60-65H,5-11,14-24H2,1-4H3,(H,49,56)(H,50,57)(H,51,58)(H,52,59)(H,66,67,68)/b13-12-/t28-,29-,30-,31-,33-,34-,35-,36-,37-,38-,39?,40?,41-,42-,43-,44-,45-,46+,47+,48+/m1/s1. The zero-order chi connectivity index (χ0) is 57.0. The number of hydrogen-bond acceptors (Lipinski definition) is 23. The van der Waals surface area contributed by atoms with Gasteiger partial charge in [0.1, 0.15) is 97.4 Å². The number of hydrogen-bond donors (Lipinski definition) is 14. The molecule has 20 atom stereocenters. The normalized spacial score (nSPS) is 35.8. The lowest BCUT2D eigenvalue weighted by atomic mass is 9.93. The van der Waals surface area contributed by atoms with Crippen LogP contribution in [0.2, 0.25) is 0 Å². The molecule has 0 bridgehead atoms. The van der Waals surface area contributed by atoms with E-state index in [1.54, 1.807) is 0 Å². The first kappa shape index (κ1) is 66.4. The Bertz CT molecular complexity index is 1940. The molecule has 446 valence electrons. The zero-order valence-corrected chi connectivity index (χ0v) is 44.8. The van der Waals surface area contributed by atoms with Crippen molar-refractivity contribution in [1.82, 2.24) is 21.3 Å². The van der Waals surface area contributed by atoms with Gasteiger partial charge in [-0.25, -0.2) is 4.18 Å². The van der Waals surface area contributed by atoms with Gasteiger partial charge in [-0.15, -0.1) is 0 Å². The summed E-state index contributed by atoms with van der Waals surface area (Å²) in [6, 6.07) is -6.58. The van der Waals surface area contributed by atoms with E-state index < -0.39 is 183 Å². The number of ether oxygens (including phenoxy) is 7. The van der Waals surface area contributed by atoms with Crippen LogP contribution in [-0.4, -0.2) is 232 Å². The molecule has 4 rings (SSSR count). The van der Waals surface area contributed by atoms with Gasteiger partial charge < -0.3 is 100 Å². The Labute approximate surface area is 448 Å². The molecule has 4 saturated heterocycles. The maximum atomic E-state index is 13.3. The molecule has 0 saturated carbocycles. The van der Waals surface area contributed by atoms with Crippen molar-refractivity contribution in [2.45, 2.75) is 240 Å². The molecule has 4 aliphatic heterocycles. The predicted octanol–water partition coefficient (Wildman–Crippen LogP) is -3.33. The molecule has 29 heteroatoms. The summed E-state index contributed by atoms with van der Waals surface area (Å²) >= 11 is 0. The largest absolute Gasteiger partial charge is 0.397 e. The van der Waals surface area contributed by atoms with Crippen molar-refractivity contribution in [3.63, 3.8) is 0 Å². The van der Waals surface area contributed by atoms with Crippen molar-refractivity contribution in [3.05, 3.63) is 12.2 Å². The maximum Gasteiger partial charge on any atom is 0.397 e. The van der Waals surface area contributed by atoms with E-state index in [4.69, 9.17) is 33.2 Å². The maximum absolute atomic E-state index is 13.3. The Morgan fingerprint density at radius 3 is 1.32 bits per heavy atom. The molecule has 4 fully saturated rings. The first-order valence-corrected chi connectivity index (χ1v) is 27.8. The fraction of sp³-hybridized carbons (Fsp3) is 0.875. The third kappa shape index (κ3) is 20.4. The molecular weight excluding hydrogens is 1050 g/mol. The molecule has 0 aromatic carbocycles. The number of carbonyl (C=O) groups excluding carboxylic acids is 4. The summed E-state index contributed by atoms with van der Waals surface area (Å²) in [6.45, 7) is 1.42. The summed E-state index contributed by atoms with van der Waals surface area (Å²) in [4.78, 5) is 50.5. The molecule has 4 aliphatic rings. The lowest BCUT2D eigenvalue weighted by Crippen LogP contribution is -2.71. The molecule has 0 spiro atoms. The van der Waals surface area contributed by atoms with E-state index in [-0.39, 0.29) is 6.42 Å². The molecule has 14 N–H and O–H groups in total. The number of rotatable bonds is 31. The van der Waals surface area contributed by atoms with Crippen LogP contribution in [0.5, 0.6) is 0 Å². The van der Waals surface area contributed by atoms with Crippen molar-refractivity contribution in [2.24, 2.45) is 0 Å². The van der Waals surface area contributed by atoms with Crippen molar-refractivity contribution in [1.29, 1.82) is 0 Å². The van der Waals surface area contributed by atoms with Crippen LogP contribution >= 0.6 is 0 Å². The molecule has 0 aliphatic carbocycles. The van der Waals surface area contributed by atoms with E-state index in [2.05, 4.69) is 44.5 Å². The van der Waals surface area contributed by atoms with Crippen LogP contribution in [0, 0.1) is 0 Å². The molecular formula is C48H84N4O24S. The SMILES string of the molecule is CCCCCCCC/C=C\CCCCCCCC(=O)N[C@H]1[C@H](O[C@H]2C(O)[C@@H](NC(C)=O)[C@H](O[C@H]3[C@H](O)[C@@H](NC(C)=O)[C@H](O[C@H]4C(O)[C@@H](NC(C)=O)[C@H](O)O[C@@H]4COS(=O)(=O)O)O[C@@H]3CO)O[C@@H]2CO)O[C@H](CO)[C@@H](O)[C@@H]1O. The second-order valence-electron chi connectivity index (χ2n) is 19.8. The minimum absolute atomic E-state index is 0.0274. The van der Waals surface area contributed by atoms with Gasteiger partial charge in [-0.05, 0) is 32.1 Å². The Hall–Kier alpha value is -3.15. The highest BCUT2D eigenvalue weighted by molar-refractivity contribution is 7.80. The Balaban J connectivity index is 1.47. The number of nitrogens with one attached hydrogen (secondary N) is 4. The monoisotopic (exact) mass is 1130 g/mol. The summed E-state index contributed by atoms with van der Waals surface area (Å²) < 4.78 is 77.9. The van der Waals surface area contributed by atoms with Crippen LogP contribution in [-0.2, 0) is 66.9 Å². The highest BCUT2D eigenvalue weighted by atomic mass is 32.3. The fourth-order valence-electron chi connectivity index (χ4n) is 9.69. The molecule has 4 amide bonds. The van der Waals surface area contributed by atoms with Gasteiger partial charge in [0.2, 0.25) is 23.6 Å². The number of aliphatic hydroxyl groups excluding tert-OH is 9. The number of amides is 4. The van der Waals surface area contributed by atoms with E-state index in [1.165, 1.54) is 38.5 Å². The van der Waals surface area contributed by atoms with Crippen LogP contribution in [0.25, 0.3) is 0 Å². The molecule has 0 aromatic heterocycles. The van der Waals surface area contributed by atoms with Gasteiger partial charge in [0.25, 0.3) is 0 Å². The number of carbonyl (C=O) groups is 4. The Morgan fingerprint density at radius 1 is 0.494 bits per heavy atom. The van der Waals surface area contributed by atoms with E-state index in [1.807, 2.05) is 0 Å². The van der Waals surface area contributed by atoms with E-state index in [9.17, 15) is 78.1 Å². The molecule has 0 radical (unpaired) electrons. The highest BCUT2D eigenvalue weighted by Gasteiger charge is 2.56. The van der Waals surface area contributed by atoms with Crippen molar-refractivity contribution < 1.29 is 115 Å². The van der Waals surface area contributed by atoms with Crippen LogP contribution in [0.1, 0.15) is 118 Å². The van der Waals surface area contributed by atoms with Crippen molar-refractivity contribution in [3.8, 4) is 0 Å². The van der Waals surface area contributed by atoms with Gasteiger partial charge in [0, 0.05) is 27.2 Å². The lowest BCUT2D eigenvalue weighted by Gasteiger charge is -2.51. The lowest BCUT2D eigenvalue weighted by molar-refractivity contribution is -0.361. The van der Waals surface area contributed by atoms with Gasteiger partial charge in [-0.3, -0.25) is 23.7 Å². The molecule has 28 nitrogen and oxygen atoms in total. The molecule has 4 heterocycles. The quantitative estimate of drug-likeness (QED) is 0.0183. The Kier molecular flexibility index (Phi) is 28.4. The van der Waals surface area contributed by atoms with Crippen LogP contribution < -0.4 is 21.3 Å². The van der Waals surface area contributed by atoms with E-state index >= 15 is 0 Å². The third-order valence-electron chi connectivity index (χ3n) is 13.6. The predicted molar refractivity (Wildman–Crippen MR) is 264 cm³/mol. The van der Waals surface area contributed by atoms with Crippen LogP contribution in [0.3, 0.4) is 0 Å². The molecule has 2 unspecified atom stereocenters. The summed E-state index contributed by atoms with van der Waals surface area (Å²) in [6.07, 6.45) is -10.8. The van der Waals surface area contributed by atoms with Gasteiger partial charge in [-0.2, -0.15) is 8.42 Å². The van der Waals surface area contributed by atoms with E-state index in [0.29, 0.717) is 6.42 Å². The first-order chi connectivity index (χ1) is 36.5. The Morgan fingerprint density at radius 2 is 0.883 bits per heavy atom. The zero-order valence-electron chi connectivity index (χ0n) is 44.0. The smallest absolute Gasteiger partial charge is 0.394 e.